The van der Waals surface area contributed by atoms with Crippen LogP contribution in [0.2, 0.25) is 0 Å². The van der Waals surface area contributed by atoms with Gasteiger partial charge < -0.3 is 5.11 Å². The lowest BCUT2D eigenvalue weighted by Crippen LogP contribution is -2.29. The van der Waals surface area contributed by atoms with Crippen molar-refractivity contribution in [3.8, 4) is 0 Å². The summed E-state index contributed by atoms with van der Waals surface area (Å²) < 4.78 is 1.08. The zero-order chi connectivity index (χ0) is 12.2. The summed E-state index contributed by atoms with van der Waals surface area (Å²) in [6.07, 6.45) is 2.71. The van der Waals surface area contributed by atoms with Crippen LogP contribution in [0.4, 0.5) is 0 Å². The van der Waals surface area contributed by atoms with Crippen molar-refractivity contribution in [1.29, 1.82) is 0 Å². The van der Waals surface area contributed by atoms with Crippen LogP contribution in [0.1, 0.15) is 39.2 Å². The lowest BCUT2D eigenvalue weighted by molar-refractivity contribution is 0.0359. The fraction of sp³-hybridized carbons (Fsp3) is 0.571. The molecule has 0 fully saturated rings. The van der Waals surface area contributed by atoms with E-state index in [0.717, 1.165) is 23.7 Å². The molecule has 1 aromatic carbocycles. The average Bonchev–Trinajstić information content (AvgIpc) is 2.20. The standard InChI is InChI=1S/C14H21BrO/c1-4-11(2)9-14(3,16)10-12-5-7-13(15)8-6-12/h5-8,11,16H,4,9-10H2,1-3H3. The fourth-order valence-corrected chi connectivity index (χ4v) is 2.27. The third kappa shape index (κ3) is 4.67. The molecular weight excluding hydrogens is 264 g/mol. The van der Waals surface area contributed by atoms with Crippen LogP contribution in [-0.2, 0) is 6.42 Å². The number of hydrogen-bond donors (Lipinski definition) is 1. The molecule has 0 aliphatic rings. The Morgan fingerprint density at radius 2 is 1.88 bits per heavy atom. The Morgan fingerprint density at radius 3 is 2.38 bits per heavy atom. The minimum absolute atomic E-state index is 0.574. The van der Waals surface area contributed by atoms with Gasteiger partial charge >= 0.3 is 0 Å². The SMILES string of the molecule is CCC(C)CC(C)(O)Cc1ccc(Br)cc1. The van der Waals surface area contributed by atoms with Gasteiger partial charge in [0.1, 0.15) is 0 Å². The maximum Gasteiger partial charge on any atom is 0.0662 e. The molecule has 1 rings (SSSR count). The van der Waals surface area contributed by atoms with Crippen molar-refractivity contribution >= 4 is 15.9 Å². The topological polar surface area (TPSA) is 20.2 Å². The zero-order valence-electron chi connectivity index (χ0n) is 10.3. The van der Waals surface area contributed by atoms with Gasteiger partial charge in [0.2, 0.25) is 0 Å². The van der Waals surface area contributed by atoms with E-state index >= 15 is 0 Å². The summed E-state index contributed by atoms with van der Waals surface area (Å²) in [6.45, 7) is 6.29. The first-order chi connectivity index (χ1) is 7.43. The van der Waals surface area contributed by atoms with Crippen LogP contribution in [0.3, 0.4) is 0 Å². The molecule has 0 heterocycles. The second-order valence-corrected chi connectivity index (χ2v) is 5.93. The van der Waals surface area contributed by atoms with Crippen molar-refractivity contribution in [2.75, 3.05) is 0 Å². The minimum atomic E-state index is -0.594. The molecule has 1 N–H and O–H groups in total. The largest absolute Gasteiger partial charge is 0.390 e. The lowest BCUT2D eigenvalue weighted by atomic mass is 9.86. The van der Waals surface area contributed by atoms with Gasteiger partial charge in [-0.05, 0) is 37.0 Å². The van der Waals surface area contributed by atoms with E-state index in [4.69, 9.17) is 0 Å². The van der Waals surface area contributed by atoms with Crippen LogP contribution in [0.15, 0.2) is 28.7 Å². The molecule has 0 saturated carbocycles. The second-order valence-electron chi connectivity index (χ2n) is 5.02. The third-order valence-electron chi connectivity index (χ3n) is 2.98. The van der Waals surface area contributed by atoms with Gasteiger partial charge in [0.15, 0.2) is 0 Å². The molecule has 1 nitrogen and oxygen atoms in total. The highest BCUT2D eigenvalue weighted by molar-refractivity contribution is 9.10. The van der Waals surface area contributed by atoms with Crippen molar-refractivity contribution in [3.05, 3.63) is 34.3 Å². The molecule has 16 heavy (non-hydrogen) atoms. The number of hydrogen-bond acceptors (Lipinski definition) is 1. The molecule has 0 aliphatic heterocycles. The summed E-state index contributed by atoms with van der Waals surface area (Å²) in [5.74, 6) is 0.574. The molecular formula is C14H21BrO. The monoisotopic (exact) mass is 284 g/mol. The first-order valence-electron chi connectivity index (χ1n) is 5.90. The maximum atomic E-state index is 10.3. The van der Waals surface area contributed by atoms with Gasteiger partial charge in [0, 0.05) is 10.9 Å². The predicted octanol–water partition coefficient (Wildman–Crippen LogP) is 4.18. The van der Waals surface area contributed by atoms with Crippen LogP contribution in [0.5, 0.6) is 0 Å². The molecule has 0 bridgehead atoms. The summed E-state index contributed by atoms with van der Waals surface area (Å²) in [5, 5.41) is 10.3. The normalized spacial score (nSPS) is 16.8. The van der Waals surface area contributed by atoms with E-state index in [2.05, 4.69) is 41.9 Å². The van der Waals surface area contributed by atoms with E-state index in [1.165, 1.54) is 5.56 Å². The number of benzene rings is 1. The predicted molar refractivity (Wildman–Crippen MR) is 72.5 cm³/mol. The molecule has 2 unspecified atom stereocenters. The Bertz CT molecular complexity index is 316. The first-order valence-corrected chi connectivity index (χ1v) is 6.69. The van der Waals surface area contributed by atoms with Gasteiger partial charge in [0.05, 0.1) is 5.60 Å². The van der Waals surface area contributed by atoms with Crippen LogP contribution < -0.4 is 0 Å². The van der Waals surface area contributed by atoms with Gasteiger partial charge in [-0.3, -0.25) is 0 Å². The zero-order valence-corrected chi connectivity index (χ0v) is 11.9. The molecule has 2 atom stereocenters. The van der Waals surface area contributed by atoms with Crippen molar-refractivity contribution in [3.63, 3.8) is 0 Å². The molecule has 0 aromatic heterocycles. The fourth-order valence-electron chi connectivity index (χ4n) is 2.01. The molecule has 0 saturated heterocycles. The molecule has 0 aliphatic carbocycles. The van der Waals surface area contributed by atoms with Crippen LogP contribution in [0.25, 0.3) is 0 Å². The van der Waals surface area contributed by atoms with E-state index < -0.39 is 5.60 Å². The van der Waals surface area contributed by atoms with Crippen molar-refractivity contribution in [1.82, 2.24) is 0 Å². The first kappa shape index (κ1) is 13.7. The Balaban J connectivity index is 2.61. The Kier molecular flexibility index (Phi) is 5.00. The lowest BCUT2D eigenvalue weighted by Gasteiger charge is -2.26. The quantitative estimate of drug-likeness (QED) is 0.860. The third-order valence-corrected chi connectivity index (χ3v) is 3.51. The van der Waals surface area contributed by atoms with E-state index in [1.807, 2.05) is 19.1 Å². The molecule has 0 amide bonds. The van der Waals surface area contributed by atoms with Crippen molar-refractivity contribution in [2.45, 2.75) is 45.6 Å². The summed E-state index contributed by atoms with van der Waals surface area (Å²) in [5.41, 5.74) is 0.597. The van der Waals surface area contributed by atoms with E-state index in [9.17, 15) is 5.11 Å². The Labute approximate surface area is 107 Å². The molecule has 2 heteroatoms. The van der Waals surface area contributed by atoms with Gasteiger partial charge in [0.25, 0.3) is 0 Å². The van der Waals surface area contributed by atoms with Gasteiger partial charge in [-0.25, -0.2) is 0 Å². The summed E-state index contributed by atoms with van der Waals surface area (Å²) in [6, 6.07) is 8.17. The highest BCUT2D eigenvalue weighted by Gasteiger charge is 2.23. The van der Waals surface area contributed by atoms with Gasteiger partial charge in [-0.2, -0.15) is 0 Å². The van der Waals surface area contributed by atoms with Crippen molar-refractivity contribution < 1.29 is 5.11 Å². The molecule has 0 spiro atoms. The van der Waals surface area contributed by atoms with E-state index in [0.29, 0.717) is 5.92 Å². The highest BCUT2D eigenvalue weighted by Crippen LogP contribution is 2.23. The molecule has 1 aromatic rings. The van der Waals surface area contributed by atoms with Crippen LogP contribution in [-0.4, -0.2) is 10.7 Å². The Morgan fingerprint density at radius 1 is 1.31 bits per heavy atom. The number of rotatable bonds is 5. The molecule has 90 valence electrons. The van der Waals surface area contributed by atoms with Gasteiger partial charge in [-0.15, -0.1) is 0 Å². The summed E-state index contributed by atoms with van der Waals surface area (Å²) in [4.78, 5) is 0. The van der Waals surface area contributed by atoms with E-state index in [-0.39, 0.29) is 0 Å². The van der Waals surface area contributed by atoms with Gasteiger partial charge in [-0.1, -0.05) is 48.3 Å². The summed E-state index contributed by atoms with van der Waals surface area (Å²) >= 11 is 3.41. The van der Waals surface area contributed by atoms with Crippen LogP contribution >= 0.6 is 15.9 Å². The van der Waals surface area contributed by atoms with Crippen LogP contribution in [0, 0.1) is 5.92 Å². The Hall–Kier alpha value is -0.340. The minimum Gasteiger partial charge on any atom is -0.390 e. The maximum absolute atomic E-state index is 10.3. The van der Waals surface area contributed by atoms with E-state index in [1.54, 1.807) is 0 Å². The number of halogens is 1. The second kappa shape index (κ2) is 5.83. The molecule has 0 radical (unpaired) electrons. The van der Waals surface area contributed by atoms with Crippen molar-refractivity contribution in [2.24, 2.45) is 5.92 Å². The smallest absolute Gasteiger partial charge is 0.0662 e. The summed E-state index contributed by atoms with van der Waals surface area (Å²) in [7, 11) is 0. The average molecular weight is 285 g/mol. The number of aliphatic hydroxyl groups is 1. The highest BCUT2D eigenvalue weighted by atomic mass is 79.9.